The van der Waals surface area contributed by atoms with Crippen LogP contribution in [0.3, 0.4) is 0 Å². The number of halogens is 4. The van der Waals surface area contributed by atoms with Crippen LogP contribution in [0.4, 0.5) is 13.2 Å². The monoisotopic (exact) mass is 491 g/mol. The Morgan fingerprint density at radius 2 is 1.76 bits per heavy atom. The van der Waals surface area contributed by atoms with Crippen molar-refractivity contribution in [3.05, 3.63) is 80.1 Å². The lowest BCUT2D eigenvalue weighted by Crippen LogP contribution is -2.36. The summed E-state index contributed by atoms with van der Waals surface area (Å²) in [5, 5.41) is 18.2. The number of alkyl halides is 3. The topological polar surface area (TPSA) is 67.1 Å². The van der Waals surface area contributed by atoms with Crippen molar-refractivity contribution in [3.63, 3.8) is 0 Å². The Morgan fingerprint density at radius 3 is 2.44 bits per heavy atom. The van der Waals surface area contributed by atoms with Gasteiger partial charge in [-0.3, -0.25) is 9.80 Å². The zero-order valence-electron chi connectivity index (χ0n) is 18.0. The van der Waals surface area contributed by atoms with Crippen molar-refractivity contribution in [1.82, 2.24) is 9.74 Å². The van der Waals surface area contributed by atoms with Crippen LogP contribution in [-0.2, 0) is 17.3 Å². The summed E-state index contributed by atoms with van der Waals surface area (Å²) in [4.78, 5) is 13.5. The summed E-state index contributed by atoms with van der Waals surface area (Å²) in [6, 6.07) is 9.68. The molecule has 1 aromatic heterocycles. The van der Waals surface area contributed by atoms with Crippen molar-refractivity contribution in [3.8, 4) is 0 Å². The molecule has 5 rings (SSSR count). The van der Waals surface area contributed by atoms with Gasteiger partial charge in [-0.05, 0) is 54.7 Å². The second kappa shape index (κ2) is 8.63. The summed E-state index contributed by atoms with van der Waals surface area (Å²) in [5.41, 5.74) is 1.16. The van der Waals surface area contributed by atoms with E-state index in [2.05, 4.69) is 0 Å². The molecule has 1 atom stereocenters. The predicted octanol–water partition coefficient (Wildman–Crippen LogP) is 4.68. The van der Waals surface area contributed by atoms with Gasteiger partial charge in [-0.15, -0.1) is 0 Å². The fraction of sp³-hybridized carbons (Fsp3) is 0.333. The average molecular weight is 492 g/mol. The Hall–Kier alpha value is -3.04. The number of morpholine rings is 1. The van der Waals surface area contributed by atoms with Crippen LogP contribution in [-0.4, -0.2) is 47.0 Å². The minimum absolute atomic E-state index is 0.267. The number of hydrogen-bond donors (Lipinski definition) is 1. The summed E-state index contributed by atoms with van der Waals surface area (Å²) in [6.07, 6.45) is -3.81. The van der Waals surface area contributed by atoms with Gasteiger partial charge in [0.05, 0.1) is 59.7 Å². The highest BCUT2D eigenvalue weighted by atomic mass is 35.5. The zero-order chi connectivity index (χ0) is 24.0. The van der Waals surface area contributed by atoms with Crippen molar-refractivity contribution in [2.45, 2.75) is 24.9 Å². The normalized spacial score (nSPS) is 20.1. The molecule has 10 heteroatoms. The smallest absolute Gasteiger partial charge is 0.416 e. The van der Waals surface area contributed by atoms with E-state index in [0.29, 0.717) is 65.8 Å². The summed E-state index contributed by atoms with van der Waals surface area (Å²) in [6.45, 7) is 2.11. The van der Waals surface area contributed by atoms with Gasteiger partial charge in [0.1, 0.15) is 0 Å². The van der Waals surface area contributed by atoms with Gasteiger partial charge in [0.15, 0.2) is 5.43 Å². The first-order valence-corrected chi connectivity index (χ1v) is 11.2. The lowest BCUT2D eigenvalue weighted by molar-refractivity contribution is -0.137. The number of benzene rings is 2. The molecule has 1 aliphatic carbocycles. The largest absolute Gasteiger partial charge is 0.428 e. The summed E-state index contributed by atoms with van der Waals surface area (Å²) >= 11 is 6.10. The maximum Gasteiger partial charge on any atom is 0.416 e. The molecule has 1 saturated heterocycles. The SMILES string of the molecule is O=c1c2c(n(O)c3ccc(Cl)cc13)CC(c1ccc(C(F)(F)F)cc1)CC2=NN1CCOCC1. The van der Waals surface area contributed by atoms with E-state index in [-0.39, 0.29) is 23.2 Å². The maximum atomic E-state index is 13.5. The molecule has 2 aromatic carbocycles. The van der Waals surface area contributed by atoms with Crippen LogP contribution in [0, 0.1) is 0 Å². The van der Waals surface area contributed by atoms with E-state index < -0.39 is 11.7 Å². The van der Waals surface area contributed by atoms with Crippen LogP contribution < -0.4 is 5.43 Å². The lowest BCUT2D eigenvalue weighted by Gasteiger charge is -2.30. The minimum Gasteiger partial charge on any atom is -0.428 e. The van der Waals surface area contributed by atoms with Crippen molar-refractivity contribution < 1.29 is 23.1 Å². The molecule has 0 amide bonds. The van der Waals surface area contributed by atoms with Crippen molar-refractivity contribution in [2.24, 2.45) is 5.10 Å². The molecule has 178 valence electrons. The molecule has 0 bridgehead atoms. The van der Waals surface area contributed by atoms with Crippen LogP contribution in [0.1, 0.15) is 34.7 Å². The highest BCUT2D eigenvalue weighted by molar-refractivity contribution is 6.31. The number of nitrogens with zero attached hydrogens (tertiary/aromatic N) is 3. The van der Waals surface area contributed by atoms with E-state index in [1.54, 1.807) is 12.1 Å². The van der Waals surface area contributed by atoms with E-state index in [1.807, 2.05) is 5.01 Å². The van der Waals surface area contributed by atoms with Gasteiger partial charge >= 0.3 is 6.18 Å². The fourth-order valence-electron chi connectivity index (χ4n) is 4.61. The van der Waals surface area contributed by atoms with Crippen molar-refractivity contribution >= 4 is 28.2 Å². The molecule has 0 spiro atoms. The number of pyridine rings is 1. The minimum atomic E-state index is -4.42. The van der Waals surface area contributed by atoms with Gasteiger partial charge in [0.25, 0.3) is 0 Å². The standard InChI is InChI=1S/C24H21ClF3N3O3/c25-17-5-6-20-18(13-17)23(32)22-19(29-30-7-9-34-10-8-30)11-15(12-21(22)31(20)33)14-1-3-16(4-2-14)24(26,27)28/h1-6,13,15,33H,7-12H2. The van der Waals surface area contributed by atoms with Crippen LogP contribution in [0.5, 0.6) is 0 Å². The molecule has 34 heavy (non-hydrogen) atoms. The molecule has 1 aliphatic heterocycles. The number of hydrogen-bond acceptors (Lipinski definition) is 5. The maximum absolute atomic E-state index is 13.5. The van der Waals surface area contributed by atoms with E-state index in [1.165, 1.54) is 18.2 Å². The third-order valence-corrected chi connectivity index (χ3v) is 6.56. The first-order chi connectivity index (χ1) is 16.2. The van der Waals surface area contributed by atoms with Crippen LogP contribution >= 0.6 is 11.6 Å². The Kier molecular flexibility index (Phi) is 5.77. The second-order valence-electron chi connectivity index (χ2n) is 8.46. The number of ether oxygens (including phenoxy) is 1. The fourth-order valence-corrected chi connectivity index (χ4v) is 4.79. The van der Waals surface area contributed by atoms with E-state index >= 15 is 0 Å². The first-order valence-electron chi connectivity index (χ1n) is 10.9. The molecule has 1 fully saturated rings. The van der Waals surface area contributed by atoms with Crippen LogP contribution in [0.15, 0.2) is 52.4 Å². The van der Waals surface area contributed by atoms with E-state index in [0.717, 1.165) is 16.9 Å². The molecular weight excluding hydrogens is 471 g/mol. The quantitative estimate of drug-likeness (QED) is 0.529. The van der Waals surface area contributed by atoms with Gasteiger partial charge in [0, 0.05) is 5.02 Å². The highest BCUT2D eigenvalue weighted by Crippen LogP contribution is 2.36. The third kappa shape index (κ3) is 4.14. The van der Waals surface area contributed by atoms with Crippen molar-refractivity contribution in [2.75, 3.05) is 26.3 Å². The zero-order valence-corrected chi connectivity index (χ0v) is 18.7. The molecule has 0 radical (unpaired) electrons. The second-order valence-corrected chi connectivity index (χ2v) is 8.90. The van der Waals surface area contributed by atoms with E-state index in [4.69, 9.17) is 21.4 Å². The average Bonchev–Trinajstić information content (AvgIpc) is 2.82. The van der Waals surface area contributed by atoms with Gasteiger partial charge in [-0.2, -0.15) is 23.0 Å². The van der Waals surface area contributed by atoms with Gasteiger partial charge in [-0.1, -0.05) is 23.7 Å². The molecule has 1 unspecified atom stereocenters. The number of fused-ring (bicyclic) bond motifs is 2. The Labute approximate surface area is 197 Å². The van der Waals surface area contributed by atoms with Crippen molar-refractivity contribution in [1.29, 1.82) is 0 Å². The Bertz CT molecular complexity index is 1330. The first kappa shape index (κ1) is 22.7. The molecule has 0 saturated carbocycles. The Morgan fingerprint density at radius 1 is 1.06 bits per heavy atom. The lowest BCUT2D eigenvalue weighted by atomic mass is 9.80. The van der Waals surface area contributed by atoms with E-state index in [9.17, 15) is 23.2 Å². The van der Waals surface area contributed by atoms with Crippen LogP contribution in [0.2, 0.25) is 5.02 Å². The van der Waals surface area contributed by atoms with Gasteiger partial charge in [0.2, 0.25) is 0 Å². The van der Waals surface area contributed by atoms with Gasteiger partial charge < -0.3 is 9.94 Å². The molecular formula is C24H21ClF3N3O3. The van der Waals surface area contributed by atoms with Gasteiger partial charge in [-0.25, -0.2) is 0 Å². The summed E-state index contributed by atoms with van der Waals surface area (Å²) in [7, 11) is 0. The number of aromatic nitrogens is 1. The number of rotatable bonds is 2. The molecule has 2 aliphatic rings. The third-order valence-electron chi connectivity index (χ3n) is 6.33. The number of hydrazone groups is 1. The summed E-state index contributed by atoms with van der Waals surface area (Å²) < 4.78 is 45.5. The Balaban J connectivity index is 1.65. The van der Waals surface area contributed by atoms with Crippen LogP contribution in [0.25, 0.3) is 10.9 Å². The molecule has 6 nitrogen and oxygen atoms in total. The molecule has 2 heterocycles. The predicted molar refractivity (Wildman–Crippen MR) is 122 cm³/mol. The summed E-state index contributed by atoms with van der Waals surface area (Å²) in [5.74, 6) is -0.267. The highest BCUT2D eigenvalue weighted by Gasteiger charge is 2.33. The molecule has 1 N–H and O–H groups in total. The molecule has 3 aromatic rings.